The van der Waals surface area contributed by atoms with E-state index in [-0.39, 0.29) is 31.1 Å². The molecular formula is C73H134O6. The number of unbranched alkanes of at least 4 members (excludes halogenated alkanes) is 46. The van der Waals surface area contributed by atoms with Crippen LogP contribution in [-0.4, -0.2) is 37.2 Å². The summed E-state index contributed by atoms with van der Waals surface area (Å²) in [7, 11) is 0. The summed E-state index contributed by atoms with van der Waals surface area (Å²) in [6, 6.07) is 0. The number of hydrogen-bond donors (Lipinski definition) is 0. The maximum absolute atomic E-state index is 12.9. The van der Waals surface area contributed by atoms with Gasteiger partial charge in [-0.2, -0.15) is 0 Å². The van der Waals surface area contributed by atoms with E-state index >= 15 is 0 Å². The van der Waals surface area contributed by atoms with Crippen LogP contribution in [0.2, 0.25) is 0 Å². The number of hydrogen-bond acceptors (Lipinski definition) is 6. The van der Waals surface area contributed by atoms with Crippen molar-refractivity contribution in [1.82, 2.24) is 0 Å². The van der Waals surface area contributed by atoms with Crippen molar-refractivity contribution < 1.29 is 28.6 Å². The van der Waals surface area contributed by atoms with Crippen molar-refractivity contribution in [3.05, 3.63) is 48.6 Å². The summed E-state index contributed by atoms with van der Waals surface area (Å²) < 4.78 is 16.9. The average Bonchev–Trinajstić information content (AvgIpc) is 3.45. The van der Waals surface area contributed by atoms with Gasteiger partial charge in [0.15, 0.2) is 6.10 Å². The molecule has 0 aromatic carbocycles. The number of ether oxygens (including phenoxy) is 3. The van der Waals surface area contributed by atoms with Gasteiger partial charge in [0.1, 0.15) is 13.2 Å². The van der Waals surface area contributed by atoms with E-state index in [0.29, 0.717) is 19.3 Å². The van der Waals surface area contributed by atoms with Gasteiger partial charge in [-0.3, -0.25) is 14.4 Å². The van der Waals surface area contributed by atoms with Crippen LogP contribution in [0.3, 0.4) is 0 Å². The molecule has 6 heteroatoms. The van der Waals surface area contributed by atoms with E-state index in [4.69, 9.17) is 14.2 Å². The van der Waals surface area contributed by atoms with Crippen molar-refractivity contribution in [3.63, 3.8) is 0 Å². The molecule has 0 N–H and O–H groups in total. The molecule has 0 spiro atoms. The SMILES string of the molecule is CC/C=C\C/C=C\C/C=C\C/C=C\CCCCCCCCCCCCCCC(=O)OC(COC(=O)CCCCCCCCCC)COC(=O)CCCCCCCCCCCCCCCCCCCCCCCCCCCCCC. The van der Waals surface area contributed by atoms with Crippen molar-refractivity contribution in [1.29, 1.82) is 0 Å². The largest absolute Gasteiger partial charge is 0.462 e. The minimum atomic E-state index is -0.770. The van der Waals surface area contributed by atoms with E-state index in [9.17, 15) is 14.4 Å². The minimum Gasteiger partial charge on any atom is -0.462 e. The van der Waals surface area contributed by atoms with Crippen molar-refractivity contribution in [2.45, 2.75) is 386 Å². The van der Waals surface area contributed by atoms with Gasteiger partial charge in [-0.15, -0.1) is 0 Å². The first-order chi connectivity index (χ1) is 39.0. The smallest absolute Gasteiger partial charge is 0.306 e. The zero-order valence-corrected chi connectivity index (χ0v) is 53.2. The first-order valence-electron chi connectivity index (χ1n) is 35.1. The van der Waals surface area contributed by atoms with E-state index in [1.807, 2.05) is 0 Å². The summed E-state index contributed by atoms with van der Waals surface area (Å²) in [6.45, 7) is 6.56. The van der Waals surface area contributed by atoms with E-state index in [1.54, 1.807) is 0 Å². The van der Waals surface area contributed by atoms with Crippen molar-refractivity contribution in [2.24, 2.45) is 0 Å². The molecule has 0 aromatic heterocycles. The Hall–Kier alpha value is -2.63. The second-order valence-corrected chi connectivity index (χ2v) is 23.8. The molecule has 0 saturated heterocycles. The number of carbonyl (C=O) groups is 3. The van der Waals surface area contributed by atoms with E-state index in [1.165, 1.54) is 257 Å². The zero-order chi connectivity index (χ0) is 57.1. The van der Waals surface area contributed by atoms with Crippen LogP contribution < -0.4 is 0 Å². The van der Waals surface area contributed by atoms with Crippen LogP contribution in [0, 0.1) is 0 Å². The molecule has 0 bridgehead atoms. The van der Waals surface area contributed by atoms with Crippen molar-refractivity contribution in [2.75, 3.05) is 13.2 Å². The predicted octanol–water partition coefficient (Wildman–Crippen LogP) is 24.1. The Morgan fingerprint density at radius 3 is 0.772 bits per heavy atom. The number of carbonyl (C=O) groups excluding carboxylic acids is 3. The topological polar surface area (TPSA) is 78.9 Å². The molecule has 1 atom stereocenters. The monoisotopic (exact) mass is 1110 g/mol. The molecule has 0 rings (SSSR count). The van der Waals surface area contributed by atoms with Crippen LogP contribution in [-0.2, 0) is 28.6 Å². The molecule has 0 aliphatic rings. The van der Waals surface area contributed by atoms with Crippen LogP contribution >= 0.6 is 0 Å². The summed E-state index contributed by atoms with van der Waals surface area (Å²) >= 11 is 0. The lowest BCUT2D eigenvalue weighted by Gasteiger charge is -2.18. The lowest BCUT2D eigenvalue weighted by Crippen LogP contribution is -2.30. The van der Waals surface area contributed by atoms with Gasteiger partial charge in [-0.1, -0.05) is 352 Å². The van der Waals surface area contributed by atoms with Gasteiger partial charge >= 0.3 is 17.9 Å². The lowest BCUT2D eigenvalue weighted by molar-refractivity contribution is -0.167. The Bertz CT molecular complexity index is 1360. The Morgan fingerprint density at radius 2 is 0.494 bits per heavy atom. The molecule has 79 heavy (non-hydrogen) atoms. The highest BCUT2D eigenvalue weighted by Crippen LogP contribution is 2.19. The molecule has 462 valence electrons. The zero-order valence-electron chi connectivity index (χ0n) is 53.2. The van der Waals surface area contributed by atoms with Crippen molar-refractivity contribution in [3.8, 4) is 0 Å². The van der Waals surface area contributed by atoms with Crippen LogP contribution in [0.5, 0.6) is 0 Å². The Morgan fingerprint density at radius 1 is 0.266 bits per heavy atom. The van der Waals surface area contributed by atoms with Crippen LogP contribution in [0.4, 0.5) is 0 Å². The minimum absolute atomic E-state index is 0.0683. The second-order valence-electron chi connectivity index (χ2n) is 23.8. The van der Waals surface area contributed by atoms with Gasteiger partial charge in [0.25, 0.3) is 0 Å². The van der Waals surface area contributed by atoms with Gasteiger partial charge in [0.05, 0.1) is 0 Å². The van der Waals surface area contributed by atoms with Gasteiger partial charge in [-0.05, 0) is 57.8 Å². The summed E-state index contributed by atoms with van der Waals surface area (Å²) in [5.41, 5.74) is 0. The molecule has 0 heterocycles. The summed E-state index contributed by atoms with van der Waals surface area (Å²) in [5.74, 6) is -0.850. The number of esters is 3. The normalized spacial score (nSPS) is 12.3. The Balaban J connectivity index is 4.07. The number of rotatable bonds is 65. The van der Waals surface area contributed by atoms with Crippen LogP contribution in [0.15, 0.2) is 48.6 Å². The first-order valence-corrected chi connectivity index (χ1v) is 35.1. The van der Waals surface area contributed by atoms with Crippen molar-refractivity contribution >= 4 is 17.9 Å². The third kappa shape index (κ3) is 66.1. The molecule has 0 fully saturated rings. The second kappa shape index (κ2) is 67.9. The first kappa shape index (κ1) is 76.4. The molecule has 1 unspecified atom stereocenters. The third-order valence-electron chi connectivity index (χ3n) is 15.8. The fraction of sp³-hybridized carbons (Fsp3) is 0.849. The fourth-order valence-corrected chi connectivity index (χ4v) is 10.6. The molecule has 0 aromatic rings. The summed E-state index contributed by atoms with van der Waals surface area (Å²) in [6.07, 6.45) is 86.0. The molecular weight excluding hydrogens is 973 g/mol. The lowest BCUT2D eigenvalue weighted by atomic mass is 10.0. The van der Waals surface area contributed by atoms with Crippen LogP contribution in [0.25, 0.3) is 0 Å². The quantitative estimate of drug-likeness (QED) is 0.0261. The highest BCUT2D eigenvalue weighted by Gasteiger charge is 2.19. The Kier molecular flexibility index (Phi) is 65.6. The maximum atomic E-state index is 12.9. The molecule has 6 nitrogen and oxygen atoms in total. The molecule has 0 aliphatic carbocycles. The highest BCUT2D eigenvalue weighted by molar-refractivity contribution is 5.71. The molecule has 0 radical (unpaired) electrons. The highest BCUT2D eigenvalue weighted by atomic mass is 16.6. The maximum Gasteiger partial charge on any atom is 0.306 e. The van der Waals surface area contributed by atoms with Gasteiger partial charge < -0.3 is 14.2 Å². The van der Waals surface area contributed by atoms with Gasteiger partial charge in [0.2, 0.25) is 0 Å². The summed E-state index contributed by atoms with van der Waals surface area (Å²) in [4.78, 5) is 38.2. The molecule has 0 aliphatic heterocycles. The standard InChI is InChI=1S/C73H134O6/c1-4-7-10-13-16-19-21-23-25-27-29-31-33-35-36-37-39-40-42-44-46-48-50-52-54-57-60-63-66-72(75)78-69-70(68-77-71(74)65-62-59-56-18-15-12-9-6-3)79-73(76)67-64-61-58-55-53-51-49-47-45-43-41-38-34-32-30-28-26-24-22-20-17-14-11-8-5-2/h8,11,17,20,24,26,30,32,70H,4-7,9-10,12-16,18-19,21-23,25,27-29,31,33-69H2,1-3H3/b11-8-,20-17-,26-24-,32-30-. The van der Waals surface area contributed by atoms with E-state index < -0.39 is 6.10 Å². The fourth-order valence-electron chi connectivity index (χ4n) is 10.6. The Labute approximate surface area is 492 Å². The van der Waals surface area contributed by atoms with Crippen LogP contribution in [0.1, 0.15) is 380 Å². The average molecular weight is 1110 g/mol. The van der Waals surface area contributed by atoms with E-state index in [2.05, 4.69) is 69.4 Å². The third-order valence-corrected chi connectivity index (χ3v) is 15.8. The van der Waals surface area contributed by atoms with E-state index in [0.717, 1.165) is 83.5 Å². The van der Waals surface area contributed by atoms with Gasteiger partial charge in [-0.25, -0.2) is 0 Å². The molecule has 0 amide bonds. The predicted molar refractivity (Wildman–Crippen MR) is 344 cm³/mol. The number of allylic oxidation sites excluding steroid dienone is 8. The molecule has 0 saturated carbocycles. The summed E-state index contributed by atoms with van der Waals surface area (Å²) in [5, 5.41) is 0. The van der Waals surface area contributed by atoms with Gasteiger partial charge in [0, 0.05) is 19.3 Å².